The van der Waals surface area contributed by atoms with Gasteiger partial charge in [0.2, 0.25) is 0 Å². The Balaban J connectivity index is 1.14. The molecule has 5 rings (SSSR count). The lowest BCUT2D eigenvalue weighted by Crippen LogP contribution is -2.23. The fourth-order valence-electron chi connectivity index (χ4n) is 4.19. The third-order valence-corrected chi connectivity index (χ3v) is 5.98. The fourth-order valence-corrected chi connectivity index (χ4v) is 4.19. The van der Waals surface area contributed by atoms with Crippen molar-refractivity contribution < 1.29 is 9.53 Å². The first-order valence-corrected chi connectivity index (χ1v) is 11.5. The summed E-state index contributed by atoms with van der Waals surface area (Å²) >= 11 is 0. The van der Waals surface area contributed by atoms with Crippen molar-refractivity contribution in [2.24, 2.45) is 0 Å². The largest absolute Gasteiger partial charge is 0.487 e. The Kier molecular flexibility index (Phi) is 6.35. The van der Waals surface area contributed by atoms with Gasteiger partial charge in [-0.15, -0.1) is 0 Å². The van der Waals surface area contributed by atoms with Gasteiger partial charge in [-0.1, -0.05) is 36.4 Å². The van der Waals surface area contributed by atoms with Crippen molar-refractivity contribution in [3.05, 3.63) is 102 Å². The maximum atomic E-state index is 12.7. The number of hydrogen-bond donors (Lipinski definition) is 1. The van der Waals surface area contributed by atoms with Gasteiger partial charge in [0, 0.05) is 31.0 Å². The number of carbonyl (C=O) groups is 1. The molecule has 6 nitrogen and oxygen atoms in total. The molecule has 1 fully saturated rings. The Morgan fingerprint density at radius 2 is 1.79 bits per heavy atom. The minimum atomic E-state index is -0.116. The lowest BCUT2D eigenvalue weighted by molar-refractivity contribution is 0.0950. The Hall–Kier alpha value is -3.64. The van der Waals surface area contributed by atoms with E-state index < -0.39 is 0 Å². The number of hydrogen-bond acceptors (Lipinski definition) is 4. The Labute approximate surface area is 193 Å². The molecule has 0 radical (unpaired) electrons. The minimum absolute atomic E-state index is 0.116. The van der Waals surface area contributed by atoms with Gasteiger partial charge in [-0.25, -0.2) is 4.98 Å². The van der Waals surface area contributed by atoms with Gasteiger partial charge >= 0.3 is 0 Å². The van der Waals surface area contributed by atoms with Crippen molar-refractivity contribution in [2.45, 2.75) is 32.5 Å². The van der Waals surface area contributed by atoms with Gasteiger partial charge in [0.15, 0.2) is 0 Å². The summed E-state index contributed by atoms with van der Waals surface area (Å²) in [4.78, 5) is 19.7. The number of likely N-dealkylation sites (tertiary alicyclic amines) is 1. The van der Waals surface area contributed by atoms with Crippen molar-refractivity contribution in [2.75, 3.05) is 13.1 Å². The minimum Gasteiger partial charge on any atom is -0.487 e. The molecule has 1 aliphatic heterocycles. The van der Waals surface area contributed by atoms with Crippen molar-refractivity contribution in [3.8, 4) is 5.75 Å². The van der Waals surface area contributed by atoms with Crippen molar-refractivity contribution in [1.29, 1.82) is 0 Å². The van der Waals surface area contributed by atoms with E-state index in [9.17, 15) is 4.79 Å². The van der Waals surface area contributed by atoms with E-state index in [-0.39, 0.29) is 5.91 Å². The van der Waals surface area contributed by atoms with Crippen LogP contribution in [0.15, 0.2) is 79.1 Å². The highest BCUT2D eigenvalue weighted by molar-refractivity contribution is 5.94. The molecule has 1 N–H and O–H groups in total. The number of rotatable bonds is 8. The number of fused-ring (bicyclic) bond motifs is 1. The van der Waals surface area contributed by atoms with Crippen LogP contribution in [0.3, 0.4) is 0 Å². The first-order valence-electron chi connectivity index (χ1n) is 11.5. The second kappa shape index (κ2) is 9.88. The van der Waals surface area contributed by atoms with E-state index in [2.05, 4.69) is 39.5 Å². The van der Waals surface area contributed by atoms with Crippen molar-refractivity contribution >= 4 is 11.6 Å². The van der Waals surface area contributed by atoms with E-state index in [0.29, 0.717) is 24.5 Å². The zero-order valence-electron chi connectivity index (χ0n) is 18.6. The molecular formula is C27H28N4O2. The number of amides is 1. The van der Waals surface area contributed by atoms with Crippen LogP contribution < -0.4 is 10.1 Å². The monoisotopic (exact) mass is 440 g/mol. The summed E-state index contributed by atoms with van der Waals surface area (Å²) in [6.07, 6.45) is 6.51. The number of pyridine rings is 1. The van der Waals surface area contributed by atoms with Crippen LogP contribution >= 0.6 is 0 Å². The van der Waals surface area contributed by atoms with Crippen LogP contribution in [0, 0.1) is 0 Å². The lowest BCUT2D eigenvalue weighted by Gasteiger charge is -2.14. The first-order chi connectivity index (χ1) is 16.2. The summed E-state index contributed by atoms with van der Waals surface area (Å²) in [5.74, 6) is 0.528. The second-order valence-corrected chi connectivity index (χ2v) is 8.50. The first kappa shape index (κ1) is 21.2. The Morgan fingerprint density at radius 1 is 0.970 bits per heavy atom. The number of imidazole rings is 1. The van der Waals surface area contributed by atoms with Crippen LogP contribution in [0.2, 0.25) is 0 Å². The average Bonchev–Trinajstić information content (AvgIpc) is 3.52. The van der Waals surface area contributed by atoms with Crippen LogP contribution in [0.25, 0.3) is 5.65 Å². The summed E-state index contributed by atoms with van der Waals surface area (Å²) in [7, 11) is 0. The SMILES string of the molecule is O=C(NCc1ccc(CN2CCCC2)cc1)c1cccc(OCc2cn3ccccc3n2)c1. The fraction of sp³-hybridized carbons (Fsp3) is 0.259. The van der Waals surface area contributed by atoms with Gasteiger partial charge in [-0.3, -0.25) is 9.69 Å². The number of nitrogens with zero attached hydrogens (tertiary/aromatic N) is 3. The predicted molar refractivity (Wildman–Crippen MR) is 128 cm³/mol. The molecule has 2 aromatic carbocycles. The molecule has 0 saturated carbocycles. The molecule has 3 heterocycles. The summed E-state index contributed by atoms with van der Waals surface area (Å²) in [6.45, 7) is 4.24. The molecule has 1 amide bonds. The van der Waals surface area contributed by atoms with Crippen LogP contribution in [0.4, 0.5) is 0 Å². The van der Waals surface area contributed by atoms with Crippen molar-refractivity contribution in [1.82, 2.24) is 19.6 Å². The number of aromatic nitrogens is 2. The maximum absolute atomic E-state index is 12.7. The third-order valence-electron chi connectivity index (χ3n) is 5.98. The molecule has 0 aliphatic carbocycles. The van der Waals surface area contributed by atoms with Crippen LogP contribution in [0.5, 0.6) is 5.75 Å². The number of benzene rings is 2. The smallest absolute Gasteiger partial charge is 0.251 e. The molecule has 33 heavy (non-hydrogen) atoms. The molecule has 0 spiro atoms. The highest BCUT2D eigenvalue weighted by atomic mass is 16.5. The topological polar surface area (TPSA) is 58.9 Å². The molecule has 168 valence electrons. The summed E-state index contributed by atoms with van der Waals surface area (Å²) < 4.78 is 7.84. The number of ether oxygens (including phenoxy) is 1. The van der Waals surface area contributed by atoms with E-state index in [4.69, 9.17) is 4.74 Å². The predicted octanol–water partition coefficient (Wildman–Crippen LogP) is 4.44. The summed E-state index contributed by atoms with van der Waals surface area (Å²) in [5, 5.41) is 3.01. The van der Waals surface area contributed by atoms with Crippen LogP contribution in [-0.2, 0) is 19.7 Å². The summed E-state index contributed by atoms with van der Waals surface area (Å²) in [5.41, 5.74) is 4.71. The maximum Gasteiger partial charge on any atom is 0.251 e. The molecule has 2 aromatic heterocycles. The third kappa shape index (κ3) is 5.41. The van der Waals surface area contributed by atoms with Crippen LogP contribution in [0.1, 0.15) is 40.0 Å². The molecule has 1 saturated heterocycles. The highest BCUT2D eigenvalue weighted by Crippen LogP contribution is 2.16. The van der Waals surface area contributed by atoms with Gasteiger partial charge in [0.05, 0.1) is 5.69 Å². The molecule has 6 heteroatoms. The highest BCUT2D eigenvalue weighted by Gasteiger charge is 2.12. The molecule has 1 aliphatic rings. The van der Waals surface area contributed by atoms with E-state index in [1.54, 1.807) is 12.1 Å². The van der Waals surface area contributed by atoms with Crippen LogP contribution in [-0.4, -0.2) is 33.3 Å². The van der Waals surface area contributed by atoms with E-state index >= 15 is 0 Å². The van der Waals surface area contributed by atoms with Gasteiger partial charge < -0.3 is 14.5 Å². The standard InChI is InChI=1S/C27H28N4O2/c32-27(28-17-21-9-11-22(12-10-21)18-30-13-3-4-14-30)23-6-5-7-25(16-23)33-20-24-19-31-15-2-1-8-26(31)29-24/h1-2,5-12,15-16,19H,3-4,13-14,17-18,20H2,(H,28,32). The molecule has 0 unspecified atom stereocenters. The Morgan fingerprint density at radius 3 is 2.61 bits per heavy atom. The second-order valence-electron chi connectivity index (χ2n) is 8.50. The summed E-state index contributed by atoms with van der Waals surface area (Å²) in [6, 6.07) is 21.6. The molecule has 0 atom stereocenters. The van der Waals surface area contributed by atoms with E-state index in [1.165, 1.54) is 31.5 Å². The zero-order valence-corrected chi connectivity index (χ0v) is 18.6. The van der Waals surface area contributed by atoms with Gasteiger partial charge in [-0.2, -0.15) is 0 Å². The van der Waals surface area contributed by atoms with Crippen molar-refractivity contribution in [3.63, 3.8) is 0 Å². The lowest BCUT2D eigenvalue weighted by atomic mass is 10.1. The molecule has 0 bridgehead atoms. The van der Waals surface area contributed by atoms with Gasteiger partial charge in [-0.05, 0) is 67.4 Å². The number of nitrogens with one attached hydrogen (secondary N) is 1. The van der Waals surface area contributed by atoms with Gasteiger partial charge in [0.1, 0.15) is 18.0 Å². The average molecular weight is 441 g/mol. The molecule has 4 aromatic rings. The normalized spacial score (nSPS) is 13.9. The molecular weight excluding hydrogens is 412 g/mol. The Bertz CT molecular complexity index is 1190. The van der Waals surface area contributed by atoms with E-state index in [1.807, 2.05) is 47.1 Å². The zero-order chi connectivity index (χ0) is 22.5. The van der Waals surface area contributed by atoms with Gasteiger partial charge in [0.25, 0.3) is 5.91 Å². The quantitative estimate of drug-likeness (QED) is 0.440. The number of carbonyl (C=O) groups excluding carboxylic acids is 1. The van der Waals surface area contributed by atoms with E-state index in [0.717, 1.165) is 23.4 Å².